The third-order valence-corrected chi connectivity index (χ3v) is 1.49. The maximum absolute atomic E-state index is 11.3. The van der Waals surface area contributed by atoms with Crippen LogP contribution in [0.3, 0.4) is 0 Å². The first kappa shape index (κ1) is 12.4. The van der Waals surface area contributed by atoms with Crippen molar-refractivity contribution in [3.63, 3.8) is 0 Å². The van der Waals surface area contributed by atoms with E-state index in [-0.39, 0.29) is 17.5 Å². The molecule has 1 unspecified atom stereocenters. The Morgan fingerprint density at radius 2 is 2.15 bits per heavy atom. The van der Waals surface area contributed by atoms with E-state index in [1.807, 2.05) is 20.8 Å². The number of nitrogens with two attached hydrogens (primary N) is 1. The summed E-state index contributed by atoms with van der Waals surface area (Å²) in [5.74, 6) is -0.0305. The zero-order valence-corrected chi connectivity index (χ0v) is 8.89. The van der Waals surface area contributed by atoms with Crippen LogP contribution in [0.2, 0.25) is 0 Å². The molecule has 1 atom stereocenters. The summed E-state index contributed by atoms with van der Waals surface area (Å²) in [7, 11) is 1.61. The number of ether oxygens (including phenoxy) is 1. The number of amides is 1. The van der Waals surface area contributed by atoms with Gasteiger partial charge in [0, 0.05) is 19.6 Å². The second kappa shape index (κ2) is 5.19. The van der Waals surface area contributed by atoms with Gasteiger partial charge in [0.1, 0.15) is 0 Å². The SMILES string of the molecule is COCC(C)(C)NC(=O)CC(C)N. The molecule has 0 heterocycles. The average Bonchev–Trinajstić information content (AvgIpc) is 1.81. The highest BCUT2D eigenvalue weighted by molar-refractivity contribution is 5.77. The van der Waals surface area contributed by atoms with Gasteiger partial charge in [-0.15, -0.1) is 0 Å². The molecule has 0 saturated carbocycles. The number of carbonyl (C=O) groups excluding carboxylic acids is 1. The summed E-state index contributed by atoms with van der Waals surface area (Å²) >= 11 is 0. The topological polar surface area (TPSA) is 64.3 Å². The van der Waals surface area contributed by atoms with Gasteiger partial charge in [-0.3, -0.25) is 4.79 Å². The van der Waals surface area contributed by atoms with Crippen molar-refractivity contribution in [3.8, 4) is 0 Å². The summed E-state index contributed by atoms with van der Waals surface area (Å²) in [4.78, 5) is 11.3. The molecule has 78 valence electrons. The molecule has 4 nitrogen and oxygen atoms in total. The predicted molar refractivity (Wildman–Crippen MR) is 52.4 cm³/mol. The molecular weight excluding hydrogens is 168 g/mol. The number of carbonyl (C=O) groups is 1. The Hall–Kier alpha value is -0.610. The molecule has 0 aliphatic heterocycles. The highest BCUT2D eigenvalue weighted by Crippen LogP contribution is 2.02. The molecule has 0 bridgehead atoms. The van der Waals surface area contributed by atoms with Crippen molar-refractivity contribution in [1.82, 2.24) is 5.32 Å². The van der Waals surface area contributed by atoms with Gasteiger partial charge in [0.25, 0.3) is 0 Å². The lowest BCUT2D eigenvalue weighted by molar-refractivity contribution is -0.123. The van der Waals surface area contributed by atoms with E-state index in [1.165, 1.54) is 0 Å². The Labute approximate surface area is 79.8 Å². The van der Waals surface area contributed by atoms with Crippen molar-refractivity contribution in [1.29, 1.82) is 0 Å². The number of hydrogen-bond donors (Lipinski definition) is 2. The van der Waals surface area contributed by atoms with Gasteiger partial charge in [-0.25, -0.2) is 0 Å². The third-order valence-electron chi connectivity index (χ3n) is 1.49. The minimum atomic E-state index is -0.319. The molecule has 4 heteroatoms. The summed E-state index contributed by atoms with van der Waals surface area (Å²) in [6.45, 7) is 6.13. The summed E-state index contributed by atoms with van der Waals surface area (Å²) in [6, 6.07) is -0.0988. The minimum absolute atomic E-state index is 0.0305. The molecule has 0 aromatic rings. The van der Waals surface area contributed by atoms with Gasteiger partial charge >= 0.3 is 0 Å². The Morgan fingerprint density at radius 3 is 2.54 bits per heavy atom. The van der Waals surface area contributed by atoms with E-state index >= 15 is 0 Å². The fraction of sp³-hybridized carbons (Fsp3) is 0.889. The summed E-state index contributed by atoms with van der Waals surface area (Å²) in [5, 5.41) is 2.84. The lowest BCUT2D eigenvalue weighted by Crippen LogP contribution is -2.47. The fourth-order valence-corrected chi connectivity index (χ4v) is 1.12. The Bertz CT molecular complexity index is 167. The molecule has 0 saturated heterocycles. The van der Waals surface area contributed by atoms with Gasteiger partial charge in [0.15, 0.2) is 0 Å². The van der Waals surface area contributed by atoms with Crippen molar-refractivity contribution in [3.05, 3.63) is 0 Å². The van der Waals surface area contributed by atoms with E-state index in [2.05, 4.69) is 5.32 Å². The van der Waals surface area contributed by atoms with Gasteiger partial charge in [0.05, 0.1) is 12.1 Å². The lowest BCUT2D eigenvalue weighted by atomic mass is 10.1. The first-order chi connectivity index (χ1) is 5.87. The van der Waals surface area contributed by atoms with E-state index in [0.717, 1.165) is 0 Å². The van der Waals surface area contributed by atoms with Crippen LogP contribution in [-0.2, 0) is 9.53 Å². The van der Waals surface area contributed by atoms with E-state index in [1.54, 1.807) is 7.11 Å². The number of methoxy groups -OCH3 is 1. The molecule has 0 rings (SSSR count). The van der Waals surface area contributed by atoms with Crippen LogP contribution >= 0.6 is 0 Å². The molecule has 0 fully saturated rings. The molecule has 0 aromatic carbocycles. The van der Waals surface area contributed by atoms with Crippen LogP contribution in [0, 0.1) is 0 Å². The fourth-order valence-electron chi connectivity index (χ4n) is 1.12. The van der Waals surface area contributed by atoms with Crippen LogP contribution in [0.5, 0.6) is 0 Å². The first-order valence-corrected chi connectivity index (χ1v) is 4.43. The lowest BCUT2D eigenvalue weighted by Gasteiger charge is -2.25. The minimum Gasteiger partial charge on any atom is -0.382 e. The van der Waals surface area contributed by atoms with Crippen molar-refractivity contribution in [2.45, 2.75) is 38.8 Å². The van der Waals surface area contributed by atoms with Crippen molar-refractivity contribution >= 4 is 5.91 Å². The maximum Gasteiger partial charge on any atom is 0.222 e. The molecule has 3 N–H and O–H groups in total. The van der Waals surface area contributed by atoms with Crippen LogP contribution in [0.15, 0.2) is 0 Å². The van der Waals surface area contributed by atoms with E-state index in [9.17, 15) is 4.79 Å². The molecule has 0 aliphatic rings. The van der Waals surface area contributed by atoms with Gasteiger partial charge < -0.3 is 15.8 Å². The Kier molecular flexibility index (Phi) is 4.95. The standard InChI is InChI=1S/C9H20N2O2/c1-7(10)5-8(12)11-9(2,3)6-13-4/h7H,5-6,10H2,1-4H3,(H,11,12). The number of nitrogens with one attached hydrogen (secondary N) is 1. The normalized spacial score (nSPS) is 13.9. The van der Waals surface area contributed by atoms with Gasteiger partial charge in [0.2, 0.25) is 5.91 Å². The molecule has 0 spiro atoms. The van der Waals surface area contributed by atoms with Crippen LogP contribution in [-0.4, -0.2) is 31.2 Å². The van der Waals surface area contributed by atoms with Gasteiger partial charge in [-0.05, 0) is 20.8 Å². The molecular formula is C9H20N2O2. The number of rotatable bonds is 5. The van der Waals surface area contributed by atoms with Crippen LogP contribution in [0.4, 0.5) is 0 Å². The van der Waals surface area contributed by atoms with Crippen LogP contribution in [0.1, 0.15) is 27.2 Å². The molecule has 1 amide bonds. The number of hydrogen-bond acceptors (Lipinski definition) is 3. The zero-order chi connectivity index (χ0) is 10.5. The molecule has 0 radical (unpaired) electrons. The predicted octanol–water partition coefficient (Wildman–Crippen LogP) is 0.265. The van der Waals surface area contributed by atoms with E-state index in [4.69, 9.17) is 10.5 Å². The van der Waals surface area contributed by atoms with Crippen molar-refractivity contribution in [2.75, 3.05) is 13.7 Å². The Balaban J connectivity index is 3.89. The molecule has 0 aliphatic carbocycles. The van der Waals surface area contributed by atoms with Crippen molar-refractivity contribution < 1.29 is 9.53 Å². The molecule has 13 heavy (non-hydrogen) atoms. The highest BCUT2D eigenvalue weighted by Gasteiger charge is 2.20. The summed E-state index contributed by atoms with van der Waals surface area (Å²) in [6.07, 6.45) is 0.354. The summed E-state index contributed by atoms with van der Waals surface area (Å²) < 4.78 is 4.97. The largest absolute Gasteiger partial charge is 0.382 e. The van der Waals surface area contributed by atoms with E-state index in [0.29, 0.717) is 13.0 Å². The average molecular weight is 188 g/mol. The monoisotopic (exact) mass is 188 g/mol. The van der Waals surface area contributed by atoms with Gasteiger partial charge in [-0.2, -0.15) is 0 Å². The highest BCUT2D eigenvalue weighted by atomic mass is 16.5. The Morgan fingerprint density at radius 1 is 1.62 bits per heavy atom. The second-order valence-corrected chi connectivity index (χ2v) is 4.05. The quantitative estimate of drug-likeness (QED) is 0.650. The third kappa shape index (κ3) is 6.54. The van der Waals surface area contributed by atoms with Crippen molar-refractivity contribution in [2.24, 2.45) is 5.73 Å². The molecule has 0 aromatic heterocycles. The van der Waals surface area contributed by atoms with E-state index < -0.39 is 0 Å². The summed E-state index contributed by atoms with van der Waals surface area (Å²) in [5.41, 5.74) is 5.18. The smallest absolute Gasteiger partial charge is 0.222 e. The van der Waals surface area contributed by atoms with Crippen LogP contribution < -0.4 is 11.1 Å². The first-order valence-electron chi connectivity index (χ1n) is 4.43. The van der Waals surface area contributed by atoms with Crippen LogP contribution in [0.25, 0.3) is 0 Å². The van der Waals surface area contributed by atoms with Gasteiger partial charge in [-0.1, -0.05) is 0 Å². The zero-order valence-electron chi connectivity index (χ0n) is 8.89. The second-order valence-electron chi connectivity index (χ2n) is 4.05. The maximum atomic E-state index is 11.3.